The van der Waals surface area contributed by atoms with Gasteiger partial charge in [-0.25, -0.2) is 13.6 Å². The molecule has 0 radical (unpaired) electrons. The summed E-state index contributed by atoms with van der Waals surface area (Å²) in [6.07, 6.45) is 1.49. The summed E-state index contributed by atoms with van der Waals surface area (Å²) in [5, 5.41) is 11.0. The average Bonchev–Trinajstić information content (AvgIpc) is 3.10. The zero-order valence-corrected chi connectivity index (χ0v) is 14.7. The number of ether oxygens (including phenoxy) is 1. The van der Waals surface area contributed by atoms with E-state index in [9.17, 15) is 18.4 Å². The van der Waals surface area contributed by atoms with Gasteiger partial charge >= 0.3 is 5.97 Å². The smallest absolute Gasteiger partial charge is 0.357 e. The fourth-order valence-electron chi connectivity index (χ4n) is 2.37. The predicted molar refractivity (Wildman–Crippen MR) is 94.8 cm³/mol. The Labute approximate surface area is 158 Å². The highest BCUT2D eigenvalue weighted by Gasteiger charge is 2.20. The van der Waals surface area contributed by atoms with Gasteiger partial charge in [-0.2, -0.15) is 4.68 Å². The van der Waals surface area contributed by atoms with Crippen molar-refractivity contribution < 1.29 is 23.1 Å². The first-order valence-electron chi connectivity index (χ1n) is 8.13. The highest BCUT2D eigenvalue weighted by atomic mass is 19.1. The van der Waals surface area contributed by atoms with Crippen LogP contribution in [0, 0.1) is 18.6 Å². The fraction of sp³-hybridized carbons (Fsp3) is 0.105. The summed E-state index contributed by atoms with van der Waals surface area (Å²) in [4.78, 5) is 24.7. The highest BCUT2D eigenvalue weighted by molar-refractivity contribution is 6.16. The van der Waals surface area contributed by atoms with E-state index in [2.05, 4.69) is 15.5 Å². The number of hydrogen-bond acceptors (Lipinski definition) is 6. The minimum absolute atomic E-state index is 0.0268. The molecule has 0 atom stereocenters. The average molecular weight is 384 g/mol. The van der Waals surface area contributed by atoms with Crippen molar-refractivity contribution in [2.24, 2.45) is 0 Å². The number of rotatable bonds is 6. The second kappa shape index (κ2) is 8.30. The lowest BCUT2D eigenvalue weighted by molar-refractivity contribution is -0.136. The second-order valence-electron chi connectivity index (χ2n) is 5.70. The maximum absolute atomic E-state index is 13.7. The SMILES string of the molecule is Cc1nnnn1/C(=C\c1ccccc1)C(=O)OCC(=O)c1ccc(F)cc1F. The number of ketones is 1. The van der Waals surface area contributed by atoms with E-state index in [1.165, 1.54) is 6.08 Å². The fourth-order valence-corrected chi connectivity index (χ4v) is 2.37. The summed E-state index contributed by atoms with van der Waals surface area (Å²) in [7, 11) is 0. The van der Waals surface area contributed by atoms with E-state index in [4.69, 9.17) is 4.74 Å². The van der Waals surface area contributed by atoms with Crippen LogP contribution in [0.5, 0.6) is 0 Å². The molecule has 0 spiro atoms. The molecule has 0 fully saturated rings. The van der Waals surface area contributed by atoms with Crippen molar-refractivity contribution >= 4 is 23.5 Å². The van der Waals surface area contributed by atoms with Crippen molar-refractivity contribution in [1.29, 1.82) is 0 Å². The number of hydrogen-bond donors (Lipinski definition) is 0. The number of carbonyl (C=O) groups excluding carboxylic acids is 2. The van der Waals surface area contributed by atoms with Crippen molar-refractivity contribution in [3.8, 4) is 0 Å². The van der Waals surface area contributed by atoms with Gasteiger partial charge in [0.05, 0.1) is 5.56 Å². The zero-order valence-electron chi connectivity index (χ0n) is 14.7. The van der Waals surface area contributed by atoms with E-state index in [-0.39, 0.29) is 11.3 Å². The minimum Gasteiger partial charge on any atom is -0.453 e. The molecule has 3 rings (SSSR count). The lowest BCUT2D eigenvalue weighted by atomic mass is 10.1. The number of carbonyl (C=O) groups is 2. The van der Waals surface area contributed by atoms with Crippen molar-refractivity contribution in [2.75, 3.05) is 6.61 Å². The molecule has 0 bridgehead atoms. The summed E-state index contributed by atoms with van der Waals surface area (Å²) in [6.45, 7) is 0.861. The second-order valence-corrected chi connectivity index (χ2v) is 5.70. The number of aromatic nitrogens is 4. The first-order valence-corrected chi connectivity index (χ1v) is 8.13. The number of esters is 1. The first kappa shape index (κ1) is 19.0. The summed E-state index contributed by atoms with van der Waals surface area (Å²) in [5.41, 5.74) is 0.280. The van der Waals surface area contributed by atoms with Crippen LogP contribution in [0.2, 0.25) is 0 Å². The number of nitrogens with zero attached hydrogens (tertiary/aromatic N) is 4. The minimum atomic E-state index is -1.03. The van der Waals surface area contributed by atoms with Crippen LogP contribution in [0.1, 0.15) is 21.7 Å². The van der Waals surface area contributed by atoms with E-state index in [1.807, 2.05) is 6.07 Å². The van der Waals surface area contributed by atoms with E-state index in [1.54, 1.807) is 31.2 Å². The van der Waals surface area contributed by atoms with Gasteiger partial charge in [-0.15, -0.1) is 5.10 Å². The Bertz CT molecular complexity index is 1050. The highest BCUT2D eigenvalue weighted by Crippen LogP contribution is 2.15. The molecule has 0 aliphatic carbocycles. The van der Waals surface area contributed by atoms with Gasteiger partial charge in [0.15, 0.2) is 18.1 Å². The molecule has 0 saturated heterocycles. The standard InChI is InChI=1S/C19H14F2N4O3/c1-12-22-23-24-25(12)17(9-13-5-3-2-4-6-13)19(27)28-11-18(26)15-8-7-14(20)10-16(15)21/h2-10H,11H2,1H3/b17-9-. The van der Waals surface area contributed by atoms with Crippen LogP contribution in [0.15, 0.2) is 48.5 Å². The Balaban J connectivity index is 1.81. The molecule has 0 N–H and O–H groups in total. The molecule has 2 aromatic carbocycles. The van der Waals surface area contributed by atoms with Crippen LogP contribution in [0.3, 0.4) is 0 Å². The normalized spacial score (nSPS) is 11.3. The van der Waals surface area contributed by atoms with E-state index < -0.39 is 30.0 Å². The molecular formula is C19H14F2N4O3. The van der Waals surface area contributed by atoms with Crippen LogP contribution < -0.4 is 0 Å². The van der Waals surface area contributed by atoms with Crippen LogP contribution in [-0.2, 0) is 9.53 Å². The van der Waals surface area contributed by atoms with Crippen LogP contribution in [0.4, 0.5) is 8.78 Å². The number of aryl methyl sites for hydroxylation is 1. The Kier molecular flexibility index (Phi) is 5.64. The Hall–Kier alpha value is -3.75. The van der Waals surface area contributed by atoms with Gasteiger partial charge in [0.25, 0.3) is 0 Å². The first-order chi connectivity index (χ1) is 13.5. The van der Waals surface area contributed by atoms with Crippen molar-refractivity contribution in [1.82, 2.24) is 20.2 Å². The summed E-state index contributed by atoms with van der Waals surface area (Å²) in [5.74, 6) is -3.20. The lowest BCUT2D eigenvalue weighted by Crippen LogP contribution is -2.19. The van der Waals surface area contributed by atoms with Crippen molar-refractivity contribution in [2.45, 2.75) is 6.92 Å². The van der Waals surface area contributed by atoms with Gasteiger partial charge in [-0.3, -0.25) is 4.79 Å². The Morgan fingerprint density at radius 1 is 1.14 bits per heavy atom. The summed E-state index contributed by atoms with van der Waals surface area (Å²) in [6, 6.07) is 11.4. The number of benzene rings is 2. The largest absolute Gasteiger partial charge is 0.453 e. The van der Waals surface area contributed by atoms with Gasteiger partial charge in [0.1, 0.15) is 11.6 Å². The van der Waals surface area contributed by atoms with Gasteiger partial charge in [-0.05, 0) is 41.1 Å². The molecule has 1 aromatic heterocycles. The maximum atomic E-state index is 13.7. The van der Waals surface area contributed by atoms with Gasteiger partial charge < -0.3 is 4.74 Å². The summed E-state index contributed by atoms with van der Waals surface area (Å²) < 4.78 is 32.9. The molecular weight excluding hydrogens is 370 g/mol. The van der Waals surface area contributed by atoms with Gasteiger partial charge in [0, 0.05) is 6.07 Å². The zero-order chi connectivity index (χ0) is 20.1. The quantitative estimate of drug-likeness (QED) is 0.369. The molecule has 3 aromatic rings. The van der Waals surface area contributed by atoms with Crippen LogP contribution >= 0.6 is 0 Å². The predicted octanol–water partition coefficient (Wildman–Crippen LogP) is 2.68. The van der Waals surface area contributed by atoms with Gasteiger partial charge in [-0.1, -0.05) is 30.3 Å². The third kappa shape index (κ3) is 4.32. The Morgan fingerprint density at radius 3 is 2.54 bits per heavy atom. The molecule has 142 valence electrons. The molecule has 7 nitrogen and oxygen atoms in total. The number of tetrazole rings is 1. The van der Waals surface area contributed by atoms with Crippen LogP contribution in [-0.4, -0.2) is 38.6 Å². The van der Waals surface area contributed by atoms with Crippen molar-refractivity contribution in [3.05, 3.63) is 77.1 Å². The van der Waals surface area contributed by atoms with E-state index in [0.717, 1.165) is 16.8 Å². The number of halogens is 2. The monoisotopic (exact) mass is 384 g/mol. The van der Waals surface area contributed by atoms with Crippen molar-refractivity contribution in [3.63, 3.8) is 0 Å². The molecule has 0 saturated carbocycles. The topological polar surface area (TPSA) is 87.0 Å². The lowest BCUT2D eigenvalue weighted by Gasteiger charge is -2.09. The molecule has 0 amide bonds. The molecule has 0 aliphatic heterocycles. The number of Topliss-reactive ketones (excluding diaryl/α,β-unsaturated/α-hetero) is 1. The third-order valence-electron chi connectivity index (χ3n) is 3.73. The van der Waals surface area contributed by atoms with Crippen LogP contribution in [0.25, 0.3) is 11.8 Å². The molecule has 9 heteroatoms. The maximum Gasteiger partial charge on any atom is 0.357 e. The molecule has 0 aliphatic rings. The Morgan fingerprint density at radius 2 is 1.89 bits per heavy atom. The summed E-state index contributed by atoms with van der Waals surface area (Å²) >= 11 is 0. The molecule has 1 heterocycles. The van der Waals surface area contributed by atoms with E-state index in [0.29, 0.717) is 17.5 Å². The molecule has 0 unspecified atom stereocenters. The van der Waals surface area contributed by atoms with Gasteiger partial charge in [0.2, 0.25) is 5.78 Å². The molecule has 28 heavy (non-hydrogen) atoms. The third-order valence-corrected chi connectivity index (χ3v) is 3.73. The van der Waals surface area contributed by atoms with E-state index >= 15 is 0 Å².